The van der Waals surface area contributed by atoms with E-state index in [-0.39, 0.29) is 12.2 Å². The average molecular weight is 292 g/mol. The lowest BCUT2D eigenvalue weighted by Gasteiger charge is -2.16. The third kappa shape index (κ3) is 3.59. The smallest absolute Gasteiger partial charge is 0.338 e. The van der Waals surface area contributed by atoms with E-state index in [1.54, 1.807) is 19.2 Å². The van der Waals surface area contributed by atoms with Gasteiger partial charge >= 0.3 is 12.0 Å². The van der Waals surface area contributed by atoms with Gasteiger partial charge < -0.3 is 19.7 Å². The Hall–Kier alpha value is -2.83. The van der Waals surface area contributed by atoms with E-state index in [2.05, 4.69) is 5.32 Å². The first kappa shape index (κ1) is 14.6. The number of urea groups is 1. The van der Waals surface area contributed by atoms with Crippen LogP contribution < -0.4 is 5.32 Å². The van der Waals surface area contributed by atoms with Crippen LogP contribution in [0.2, 0.25) is 0 Å². The van der Waals surface area contributed by atoms with Crippen LogP contribution in [-0.2, 0) is 6.54 Å². The van der Waals surface area contributed by atoms with Gasteiger partial charge in [-0.05, 0) is 30.3 Å². The molecule has 2 aromatic rings. The van der Waals surface area contributed by atoms with Crippen LogP contribution in [0.3, 0.4) is 0 Å². The zero-order chi connectivity index (χ0) is 15.4. The fourth-order valence-electron chi connectivity index (χ4n) is 1.69. The van der Waals surface area contributed by atoms with Gasteiger partial charge in [0.15, 0.2) is 0 Å². The van der Waals surface area contributed by atoms with Crippen molar-refractivity contribution in [2.75, 3.05) is 12.4 Å². The molecule has 0 aliphatic carbocycles. The second-order valence-electron chi connectivity index (χ2n) is 4.37. The van der Waals surface area contributed by atoms with Gasteiger partial charge in [-0.1, -0.05) is 0 Å². The number of benzene rings is 1. The Morgan fingerprint density at radius 3 is 2.76 bits per heavy atom. The van der Waals surface area contributed by atoms with Crippen LogP contribution in [0.4, 0.5) is 14.9 Å². The lowest BCUT2D eigenvalue weighted by atomic mass is 10.2. The van der Waals surface area contributed by atoms with Crippen molar-refractivity contribution in [1.29, 1.82) is 0 Å². The normalized spacial score (nSPS) is 10.2. The lowest BCUT2D eigenvalue weighted by molar-refractivity contribution is 0.0692. The molecule has 0 radical (unpaired) electrons. The summed E-state index contributed by atoms with van der Waals surface area (Å²) in [6.07, 6.45) is 1.50. The highest BCUT2D eigenvalue weighted by Gasteiger charge is 2.14. The predicted molar refractivity (Wildman–Crippen MR) is 72.6 cm³/mol. The van der Waals surface area contributed by atoms with Crippen LogP contribution in [-0.4, -0.2) is 29.1 Å². The molecule has 6 nitrogen and oxygen atoms in total. The molecule has 21 heavy (non-hydrogen) atoms. The zero-order valence-electron chi connectivity index (χ0n) is 11.2. The quantitative estimate of drug-likeness (QED) is 0.907. The maximum Gasteiger partial charge on any atom is 0.338 e. The Bertz CT molecular complexity index is 655. The highest BCUT2D eigenvalue weighted by Crippen LogP contribution is 2.15. The second kappa shape index (κ2) is 6.08. The van der Waals surface area contributed by atoms with Crippen LogP contribution in [0, 0.1) is 5.82 Å². The van der Waals surface area contributed by atoms with E-state index in [9.17, 15) is 14.0 Å². The molecule has 2 rings (SSSR count). The number of carboxylic acids is 1. The van der Waals surface area contributed by atoms with Gasteiger partial charge in [-0.25, -0.2) is 14.0 Å². The molecule has 0 bridgehead atoms. The van der Waals surface area contributed by atoms with E-state index in [0.717, 1.165) is 12.1 Å². The lowest BCUT2D eigenvalue weighted by Crippen LogP contribution is -2.30. The molecule has 1 aromatic carbocycles. The van der Waals surface area contributed by atoms with Crippen LogP contribution in [0.1, 0.15) is 16.1 Å². The van der Waals surface area contributed by atoms with Gasteiger partial charge in [0.2, 0.25) is 0 Å². The summed E-state index contributed by atoms with van der Waals surface area (Å²) in [7, 11) is 1.56. The largest absolute Gasteiger partial charge is 0.478 e. The fourth-order valence-corrected chi connectivity index (χ4v) is 1.69. The van der Waals surface area contributed by atoms with E-state index in [0.29, 0.717) is 5.76 Å². The third-order valence-corrected chi connectivity index (χ3v) is 2.77. The van der Waals surface area contributed by atoms with Gasteiger partial charge in [0.1, 0.15) is 11.6 Å². The molecule has 2 amide bonds. The van der Waals surface area contributed by atoms with Crippen LogP contribution >= 0.6 is 0 Å². The molecule has 0 aliphatic rings. The minimum Gasteiger partial charge on any atom is -0.478 e. The van der Waals surface area contributed by atoms with E-state index >= 15 is 0 Å². The molecule has 0 saturated heterocycles. The average Bonchev–Trinajstić information content (AvgIpc) is 2.93. The molecule has 2 N–H and O–H groups in total. The number of carbonyl (C=O) groups excluding carboxylic acids is 1. The van der Waals surface area contributed by atoms with Crippen molar-refractivity contribution in [3.8, 4) is 0 Å². The van der Waals surface area contributed by atoms with Crippen molar-refractivity contribution >= 4 is 17.7 Å². The van der Waals surface area contributed by atoms with Crippen molar-refractivity contribution in [2.45, 2.75) is 6.54 Å². The first-order valence-corrected chi connectivity index (χ1v) is 6.04. The van der Waals surface area contributed by atoms with E-state index in [4.69, 9.17) is 9.52 Å². The molecular formula is C14H13FN2O4. The van der Waals surface area contributed by atoms with Gasteiger partial charge in [0.25, 0.3) is 0 Å². The zero-order valence-corrected chi connectivity index (χ0v) is 11.2. The molecule has 7 heteroatoms. The van der Waals surface area contributed by atoms with Crippen LogP contribution in [0.15, 0.2) is 41.0 Å². The molecule has 1 heterocycles. The molecule has 0 spiro atoms. The Kier molecular flexibility index (Phi) is 4.22. The van der Waals surface area contributed by atoms with Gasteiger partial charge in [-0.15, -0.1) is 0 Å². The van der Waals surface area contributed by atoms with E-state index < -0.39 is 23.4 Å². The summed E-state index contributed by atoms with van der Waals surface area (Å²) < 4.78 is 18.4. The van der Waals surface area contributed by atoms with Crippen molar-refractivity contribution in [1.82, 2.24) is 4.90 Å². The molecular weight excluding hydrogens is 279 g/mol. The number of rotatable bonds is 4. The fraction of sp³-hybridized carbons (Fsp3) is 0.143. The predicted octanol–water partition coefficient (Wildman–Crippen LogP) is 2.78. The van der Waals surface area contributed by atoms with Gasteiger partial charge in [0, 0.05) is 12.7 Å². The Balaban J connectivity index is 2.05. The number of aromatic carboxylic acids is 1. The summed E-state index contributed by atoms with van der Waals surface area (Å²) >= 11 is 0. The Labute approximate surface area is 119 Å². The monoisotopic (exact) mass is 292 g/mol. The number of hydrogen-bond donors (Lipinski definition) is 2. The number of carbonyl (C=O) groups is 2. The Morgan fingerprint density at radius 2 is 2.14 bits per heavy atom. The number of nitrogens with one attached hydrogen (secondary N) is 1. The molecule has 0 aliphatic heterocycles. The summed E-state index contributed by atoms with van der Waals surface area (Å²) in [6.45, 7) is 0.256. The number of amides is 2. The second-order valence-corrected chi connectivity index (χ2v) is 4.37. The van der Waals surface area contributed by atoms with E-state index in [1.807, 2.05) is 0 Å². The Morgan fingerprint density at radius 1 is 1.38 bits per heavy atom. The van der Waals surface area contributed by atoms with Gasteiger partial charge in [0.05, 0.1) is 18.4 Å². The molecule has 110 valence electrons. The van der Waals surface area contributed by atoms with Crippen molar-refractivity contribution in [3.63, 3.8) is 0 Å². The summed E-state index contributed by atoms with van der Waals surface area (Å²) in [6, 6.07) is 6.32. The number of nitrogens with zero attached hydrogens (tertiary/aromatic N) is 1. The van der Waals surface area contributed by atoms with Gasteiger partial charge in [-0.3, -0.25) is 0 Å². The highest BCUT2D eigenvalue weighted by atomic mass is 19.1. The first-order chi connectivity index (χ1) is 9.97. The van der Waals surface area contributed by atoms with Crippen molar-refractivity contribution < 1.29 is 23.5 Å². The number of furan rings is 1. The van der Waals surface area contributed by atoms with Gasteiger partial charge in [-0.2, -0.15) is 0 Å². The molecule has 0 unspecified atom stereocenters. The summed E-state index contributed by atoms with van der Waals surface area (Å²) in [5.41, 5.74) is -0.299. The summed E-state index contributed by atoms with van der Waals surface area (Å²) in [5, 5.41) is 11.3. The minimum absolute atomic E-state index is 0.199. The molecule has 0 fully saturated rings. The maximum atomic E-state index is 13.3. The number of halogens is 1. The standard InChI is InChI=1S/C14H13FN2O4/c1-17(8-10-3-2-6-21-10)14(20)16-9-4-5-12(15)11(7-9)13(18)19/h2-7H,8H2,1H3,(H,16,20)(H,18,19). The highest BCUT2D eigenvalue weighted by molar-refractivity contribution is 5.93. The first-order valence-electron chi connectivity index (χ1n) is 6.04. The minimum atomic E-state index is -1.40. The number of carboxylic acid groups (broad SMARTS) is 1. The molecule has 0 atom stereocenters. The molecule has 1 aromatic heterocycles. The maximum absolute atomic E-state index is 13.3. The third-order valence-electron chi connectivity index (χ3n) is 2.77. The summed E-state index contributed by atoms with van der Waals surface area (Å²) in [5.74, 6) is -1.64. The van der Waals surface area contributed by atoms with Crippen molar-refractivity contribution in [3.05, 3.63) is 53.7 Å². The number of anilines is 1. The van der Waals surface area contributed by atoms with Crippen LogP contribution in [0.5, 0.6) is 0 Å². The van der Waals surface area contributed by atoms with Crippen molar-refractivity contribution in [2.24, 2.45) is 0 Å². The summed E-state index contributed by atoms with van der Waals surface area (Å²) in [4.78, 5) is 24.1. The van der Waals surface area contributed by atoms with E-state index in [1.165, 1.54) is 17.2 Å². The van der Waals surface area contributed by atoms with Crippen LogP contribution in [0.25, 0.3) is 0 Å². The topological polar surface area (TPSA) is 82.8 Å². The molecule has 0 saturated carbocycles. The SMILES string of the molecule is CN(Cc1ccco1)C(=O)Nc1ccc(F)c(C(=O)O)c1. The number of hydrogen-bond acceptors (Lipinski definition) is 3.